The van der Waals surface area contributed by atoms with Gasteiger partial charge >= 0.3 is 0 Å². The molecule has 0 radical (unpaired) electrons. The molecule has 1 aromatic rings. The molecule has 16 heavy (non-hydrogen) atoms. The van der Waals surface area contributed by atoms with Crippen molar-refractivity contribution in [2.75, 3.05) is 0 Å². The number of benzene rings is 1. The summed E-state index contributed by atoms with van der Waals surface area (Å²) < 4.78 is 0. The minimum atomic E-state index is -0.187. The van der Waals surface area contributed by atoms with E-state index >= 15 is 0 Å². The molecule has 1 aliphatic rings. The number of nitrogens with zero attached hydrogens (tertiary/aromatic N) is 1. The van der Waals surface area contributed by atoms with Crippen molar-refractivity contribution in [3.63, 3.8) is 0 Å². The summed E-state index contributed by atoms with van der Waals surface area (Å²) >= 11 is 0. The minimum absolute atomic E-state index is 0.136. The second-order valence-electron chi connectivity index (χ2n) is 4.99. The van der Waals surface area contributed by atoms with Gasteiger partial charge in [0.2, 0.25) is 5.78 Å². The van der Waals surface area contributed by atoms with Crippen LogP contribution in [0.1, 0.15) is 36.7 Å². The molecule has 0 fully saturated rings. The molecule has 2 heteroatoms. The summed E-state index contributed by atoms with van der Waals surface area (Å²) in [7, 11) is 0. The molecule has 0 aromatic heterocycles. The standard InChI is InChI=1S/C14H13NO/c1-14(2,3)12-9-6-4-5-7-10(9)13(16)11(12)8-15/h4-7H,1-3H3. The Morgan fingerprint density at radius 2 is 1.69 bits per heavy atom. The maximum absolute atomic E-state index is 12.0. The number of ketones is 1. The third-order valence-electron chi connectivity index (χ3n) is 2.78. The molecule has 0 bridgehead atoms. The number of rotatable bonds is 0. The van der Waals surface area contributed by atoms with E-state index in [1.54, 1.807) is 6.07 Å². The molecule has 1 aliphatic carbocycles. The number of nitriles is 1. The fourth-order valence-electron chi connectivity index (χ4n) is 2.17. The third-order valence-corrected chi connectivity index (χ3v) is 2.78. The predicted octanol–water partition coefficient (Wildman–Crippen LogP) is 3.21. The number of allylic oxidation sites excluding steroid dienone is 2. The zero-order valence-electron chi connectivity index (χ0n) is 9.66. The van der Waals surface area contributed by atoms with Crippen LogP contribution in [0.2, 0.25) is 0 Å². The molecule has 0 heterocycles. The average Bonchev–Trinajstić information content (AvgIpc) is 2.51. The van der Waals surface area contributed by atoms with Crippen LogP contribution in [0.25, 0.3) is 5.57 Å². The first kappa shape index (κ1) is 10.6. The molecule has 0 amide bonds. The molecule has 0 saturated carbocycles. The first-order valence-electron chi connectivity index (χ1n) is 5.26. The van der Waals surface area contributed by atoms with Crippen molar-refractivity contribution in [3.8, 4) is 6.07 Å². The largest absolute Gasteiger partial charge is 0.288 e. The number of Topliss-reactive ketones (excluding diaryl/α,β-unsaturated/α-hetero) is 1. The molecule has 80 valence electrons. The Hall–Kier alpha value is -1.88. The molecule has 0 unspecified atom stereocenters. The topological polar surface area (TPSA) is 40.9 Å². The first-order chi connectivity index (χ1) is 7.46. The number of carbonyl (C=O) groups excluding carboxylic acids is 1. The van der Waals surface area contributed by atoms with E-state index in [0.29, 0.717) is 11.1 Å². The Morgan fingerprint density at radius 3 is 2.19 bits per heavy atom. The zero-order chi connectivity index (χ0) is 11.9. The van der Waals surface area contributed by atoms with E-state index in [9.17, 15) is 4.79 Å². The second kappa shape index (κ2) is 3.31. The van der Waals surface area contributed by atoms with Crippen LogP contribution in [0.3, 0.4) is 0 Å². The third kappa shape index (κ3) is 1.37. The summed E-state index contributed by atoms with van der Waals surface area (Å²) in [5, 5.41) is 9.11. The highest BCUT2D eigenvalue weighted by Gasteiger charge is 2.35. The van der Waals surface area contributed by atoms with Gasteiger partial charge in [-0.25, -0.2) is 0 Å². The van der Waals surface area contributed by atoms with Gasteiger partial charge in [-0.3, -0.25) is 4.79 Å². The van der Waals surface area contributed by atoms with E-state index in [-0.39, 0.29) is 11.2 Å². The Morgan fingerprint density at radius 1 is 1.12 bits per heavy atom. The van der Waals surface area contributed by atoms with E-state index in [0.717, 1.165) is 11.1 Å². The summed E-state index contributed by atoms with van der Waals surface area (Å²) in [5.41, 5.74) is 2.55. The van der Waals surface area contributed by atoms with E-state index in [2.05, 4.69) is 0 Å². The number of carbonyl (C=O) groups is 1. The van der Waals surface area contributed by atoms with Gasteiger partial charge in [0.1, 0.15) is 11.6 Å². The smallest absolute Gasteiger partial charge is 0.204 e. The van der Waals surface area contributed by atoms with Crippen molar-refractivity contribution < 1.29 is 4.79 Å². The van der Waals surface area contributed by atoms with Crippen molar-refractivity contribution in [2.45, 2.75) is 20.8 Å². The summed E-state index contributed by atoms with van der Waals surface area (Å²) in [6.07, 6.45) is 0. The highest BCUT2D eigenvalue weighted by Crippen LogP contribution is 2.43. The van der Waals surface area contributed by atoms with Crippen LogP contribution >= 0.6 is 0 Å². The fourth-order valence-corrected chi connectivity index (χ4v) is 2.17. The lowest BCUT2D eigenvalue weighted by molar-refractivity contribution is 0.104. The maximum atomic E-state index is 12.0. The van der Waals surface area contributed by atoms with Crippen LogP contribution in [0.15, 0.2) is 29.8 Å². The molecular formula is C14H13NO. The predicted molar refractivity (Wildman–Crippen MR) is 62.8 cm³/mol. The van der Waals surface area contributed by atoms with Crippen LogP contribution in [0, 0.1) is 16.7 Å². The van der Waals surface area contributed by atoms with Crippen LogP contribution in [-0.2, 0) is 0 Å². The van der Waals surface area contributed by atoms with E-state index in [1.165, 1.54) is 0 Å². The number of hydrogen-bond donors (Lipinski definition) is 0. The lowest BCUT2D eigenvalue weighted by atomic mass is 9.82. The van der Waals surface area contributed by atoms with Gasteiger partial charge in [0.15, 0.2) is 0 Å². The highest BCUT2D eigenvalue weighted by molar-refractivity contribution is 6.23. The van der Waals surface area contributed by atoms with Gasteiger partial charge in [0, 0.05) is 5.56 Å². The zero-order valence-corrected chi connectivity index (χ0v) is 9.66. The highest BCUT2D eigenvalue weighted by atomic mass is 16.1. The van der Waals surface area contributed by atoms with Crippen LogP contribution in [0.5, 0.6) is 0 Å². The second-order valence-corrected chi connectivity index (χ2v) is 4.99. The molecule has 2 nitrogen and oxygen atoms in total. The van der Waals surface area contributed by atoms with Gasteiger partial charge in [-0.1, -0.05) is 45.0 Å². The van der Waals surface area contributed by atoms with Crippen molar-refractivity contribution in [3.05, 3.63) is 41.0 Å². The monoisotopic (exact) mass is 211 g/mol. The number of hydrogen-bond acceptors (Lipinski definition) is 2. The normalized spacial score (nSPS) is 15.0. The van der Waals surface area contributed by atoms with Gasteiger partial charge < -0.3 is 0 Å². The van der Waals surface area contributed by atoms with E-state index in [4.69, 9.17) is 5.26 Å². The Kier molecular flexibility index (Phi) is 2.20. The molecule has 2 rings (SSSR count). The van der Waals surface area contributed by atoms with Gasteiger partial charge in [0.25, 0.3) is 0 Å². The Labute approximate surface area is 95.2 Å². The van der Waals surface area contributed by atoms with Gasteiger partial charge in [0.05, 0.1) is 0 Å². The van der Waals surface area contributed by atoms with Gasteiger partial charge in [-0.05, 0) is 16.6 Å². The molecular weight excluding hydrogens is 198 g/mol. The fraction of sp³-hybridized carbons (Fsp3) is 0.286. The molecule has 0 N–H and O–H groups in total. The van der Waals surface area contributed by atoms with Gasteiger partial charge in [-0.2, -0.15) is 5.26 Å². The lowest BCUT2D eigenvalue weighted by Crippen LogP contribution is -2.08. The molecule has 0 atom stereocenters. The van der Waals surface area contributed by atoms with Crippen molar-refractivity contribution in [1.82, 2.24) is 0 Å². The Bertz CT molecular complexity index is 539. The average molecular weight is 211 g/mol. The molecule has 0 saturated heterocycles. The number of fused-ring (bicyclic) bond motifs is 1. The van der Waals surface area contributed by atoms with Crippen molar-refractivity contribution >= 4 is 11.4 Å². The molecule has 0 spiro atoms. The Balaban J connectivity index is 2.77. The summed E-state index contributed by atoms with van der Waals surface area (Å²) in [6.45, 7) is 6.07. The first-order valence-corrected chi connectivity index (χ1v) is 5.26. The van der Waals surface area contributed by atoms with Crippen molar-refractivity contribution in [2.24, 2.45) is 5.41 Å². The minimum Gasteiger partial charge on any atom is -0.288 e. The lowest BCUT2D eigenvalue weighted by Gasteiger charge is -2.21. The van der Waals surface area contributed by atoms with Crippen LogP contribution in [-0.4, -0.2) is 5.78 Å². The summed E-state index contributed by atoms with van der Waals surface area (Å²) in [5.74, 6) is -0.136. The van der Waals surface area contributed by atoms with Gasteiger partial charge in [-0.15, -0.1) is 0 Å². The summed E-state index contributed by atoms with van der Waals surface area (Å²) in [4.78, 5) is 12.0. The van der Waals surface area contributed by atoms with Crippen LogP contribution in [0.4, 0.5) is 0 Å². The quantitative estimate of drug-likeness (QED) is 0.661. The van der Waals surface area contributed by atoms with Crippen LogP contribution < -0.4 is 0 Å². The SMILES string of the molecule is CC(C)(C)C1=C(C#N)C(=O)c2ccccc21. The van der Waals surface area contributed by atoms with Crippen molar-refractivity contribution in [1.29, 1.82) is 5.26 Å². The maximum Gasteiger partial charge on any atom is 0.204 e. The molecule has 1 aromatic carbocycles. The van der Waals surface area contributed by atoms with E-state index < -0.39 is 0 Å². The van der Waals surface area contributed by atoms with E-state index in [1.807, 2.05) is 45.0 Å². The summed E-state index contributed by atoms with van der Waals surface area (Å²) in [6, 6.07) is 9.48. The molecule has 0 aliphatic heterocycles.